The molecule has 0 spiro atoms. The first kappa shape index (κ1) is 23.8. The molecule has 0 aliphatic heterocycles. The molecule has 158 valence electrons. The van der Waals surface area contributed by atoms with E-state index in [1.165, 1.54) is 0 Å². The van der Waals surface area contributed by atoms with E-state index in [1.54, 1.807) is 11.9 Å². The molecule has 0 heterocycles. The minimum absolute atomic E-state index is 0.294. The van der Waals surface area contributed by atoms with Crippen LogP contribution in [0.15, 0.2) is 48.5 Å². The first-order valence-electron chi connectivity index (χ1n) is 9.40. The highest BCUT2D eigenvalue weighted by Crippen LogP contribution is 2.10. The van der Waals surface area contributed by atoms with Crippen LogP contribution in [0, 0.1) is 0 Å². The Labute approximate surface area is 173 Å². The molecule has 0 aliphatic carbocycles. The Kier molecular flexibility index (Phi) is 9.51. The zero-order chi connectivity index (χ0) is 21.9. The number of nitrogens with one attached hydrogen (secondary N) is 1. The lowest BCUT2D eigenvalue weighted by molar-refractivity contribution is -0.109. The highest BCUT2D eigenvalue weighted by molar-refractivity contribution is 5.67. The zero-order valence-corrected chi connectivity index (χ0v) is 17.6. The Morgan fingerprint density at radius 2 is 1.72 bits per heavy atom. The van der Waals surface area contributed by atoms with Crippen molar-refractivity contribution in [1.29, 1.82) is 0 Å². The van der Waals surface area contributed by atoms with E-state index < -0.39 is 5.60 Å². The number of benzene rings is 2. The molecule has 0 aromatic heterocycles. The van der Waals surface area contributed by atoms with Crippen LogP contribution in [0.3, 0.4) is 0 Å². The molecule has 0 unspecified atom stereocenters. The highest BCUT2D eigenvalue weighted by atomic mass is 16.6. The SMILES string of the molecule is CN(CCc1ccc(N)cc1)C(=O)OC(C)(C)C.Nc1cccc(CNC=O)c1. The number of nitrogens with zero attached hydrogens (tertiary/aromatic N) is 1. The smallest absolute Gasteiger partial charge is 0.410 e. The van der Waals surface area contributed by atoms with Crippen molar-refractivity contribution >= 4 is 23.9 Å². The number of carbonyl (C=O) groups is 2. The molecule has 0 saturated carbocycles. The van der Waals surface area contributed by atoms with Gasteiger partial charge in [0, 0.05) is 31.5 Å². The second-order valence-corrected chi connectivity index (χ2v) is 7.64. The molecule has 5 N–H and O–H groups in total. The molecule has 0 fully saturated rings. The van der Waals surface area contributed by atoms with E-state index in [1.807, 2.05) is 69.3 Å². The van der Waals surface area contributed by atoms with Crippen LogP contribution in [0.5, 0.6) is 0 Å². The molecule has 2 amide bonds. The summed E-state index contributed by atoms with van der Waals surface area (Å²) in [5.74, 6) is 0. The maximum Gasteiger partial charge on any atom is 0.410 e. The lowest BCUT2D eigenvalue weighted by Crippen LogP contribution is -2.35. The van der Waals surface area contributed by atoms with E-state index in [0.717, 1.165) is 28.9 Å². The van der Waals surface area contributed by atoms with E-state index in [9.17, 15) is 9.59 Å². The van der Waals surface area contributed by atoms with Crippen molar-refractivity contribution in [1.82, 2.24) is 10.2 Å². The van der Waals surface area contributed by atoms with Crippen molar-refractivity contribution in [2.75, 3.05) is 25.1 Å². The quantitative estimate of drug-likeness (QED) is 0.509. The van der Waals surface area contributed by atoms with Gasteiger partial charge in [0.1, 0.15) is 5.60 Å². The zero-order valence-electron chi connectivity index (χ0n) is 17.6. The maximum atomic E-state index is 11.7. The van der Waals surface area contributed by atoms with Crippen molar-refractivity contribution < 1.29 is 14.3 Å². The van der Waals surface area contributed by atoms with Crippen LogP contribution in [-0.4, -0.2) is 36.6 Å². The normalized spacial score (nSPS) is 10.3. The summed E-state index contributed by atoms with van der Waals surface area (Å²) < 4.78 is 5.27. The summed E-state index contributed by atoms with van der Waals surface area (Å²) >= 11 is 0. The summed E-state index contributed by atoms with van der Waals surface area (Å²) in [7, 11) is 1.74. The van der Waals surface area contributed by atoms with Crippen LogP contribution >= 0.6 is 0 Å². The molecule has 0 radical (unpaired) electrons. The topological polar surface area (TPSA) is 111 Å². The largest absolute Gasteiger partial charge is 0.444 e. The highest BCUT2D eigenvalue weighted by Gasteiger charge is 2.19. The van der Waals surface area contributed by atoms with E-state index in [-0.39, 0.29) is 6.09 Å². The van der Waals surface area contributed by atoms with Gasteiger partial charge in [0.15, 0.2) is 0 Å². The summed E-state index contributed by atoms with van der Waals surface area (Å²) in [6, 6.07) is 15.1. The lowest BCUT2D eigenvalue weighted by atomic mass is 10.1. The van der Waals surface area contributed by atoms with Crippen LogP contribution in [0.4, 0.5) is 16.2 Å². The van der Waals surface area contributed by atoms with Crippen LogP contribution in [-0.2, 0) is 22.5 Å². The Morgan fingerprint density at radius 1 is 1.07 bits per heavy atom. The molecule has 7 heteroatoms. The fourth-order valence-electron chi connectivity index (χ4n) is 2.27. The summed E-state index contributed by atoms with van der Waals surface area (Å²) in [4.78, 5) is 23.2. The van der Waals surface area contributed by atoms with E-state index in [4.69, 9.17) is 16.2 Å². The summed E-state index contributed by atoms with van der Waals surface area (Å²) in [6.07, 6.45) is 1.16. The van der Waals surface area contributed by atoms with Gasteiger partial charge in [0.05, 0.1) is 0 Å². The van der Waals surface area contributed by atoms with E-state index >= 15 is 0 Å². The van der Waals surface area contributed by atoms with Crippen LogP contribution in [0.25, 0.3) is 0 Å². The fourth-order valence-corrected chi connectivity index (χ4v) is 2.27. The number of hydrogen-bond donors (Lipinski definition) is 3. The van der Waals surface area contributed by atoms with Crippen LogP contribution in [0.2, 0.25) is 0 Å². The number of anilines is 2. The first-order valence-corrected chi connectivity index (χ1v) is 9.40. The number of ether oxygens (including phenoxy) is 1. The summed E-state index contributed by atoms with van der Waals surface area (Å²) in [5.41, 5.74) is 14.3. The van der Waals surface area contributed by atoms with Crippen molar-refractivity contribution in [2.45, 2.75) is 39.3 Å². The van der Waals surface area contributed by atoms with Gasteiger partial charge >= 0.3 is 6.09 Å². The van der Waals surface area contributed by atoms with Crippen LogP contribution < -0.4 is 16.8 Å². The minimum atomic E-state index is -0.452. The number of amides is 2. The maximum absolute atomic E-state index is 11.7. The molecule has 0 aliphatic rings. The monoisotopic (exact) mass is 400 g/mol. The third-order valence-electron chi connectivity index (χ3n) is 3.76. The number of rotatable bonds is 6. The Balaban J connectivity index is 0.000000326. The third-order valence-corrected chi connectivity index (χ3v) is 3.76. The Bertz CT molecular complexity index is 770. The molecule has 0 bridgehead atoms. The minimum Gasteiger partial charge on any atom is -0.444 e. The standard InChI is InChI=1S/C14H22N2O2.C8H10N2O/c1-14(2,3)18-13(17)16(4)10-9-11-5-7-12(15)8-6-11;9-8-3-1-2-7(4-8)5-10-6-11/h5-8H,9-10,15H2,1-4H3;1-4,6H,5,9H2,(H,10,11). The van der Waals surface area contributed by atoms with Gasteiger partial charge < -0.3 is 26.4 Å². The second-order valence-electron chi connectivity index (χ2n) is 7.64. The van der Waals surface area contributed by atoms with Gasteiger partial charge in [-0.15, -0.1) is 0 Å². The predicted octanol–water partition coefficient (Wildman–Crippen LogP) is 3.19. The van der Waals surface area contributed by atoms with Gasteiger partial charge in [-0.3, -0.25) is 4.79 Å². The Hall–Kier alpha value is -3.22. The fraction of sp³-hybridized carbons (Fsp3) is 0.364. The molecule has 0 saturated heterocycles. The predicted molar refractivity (Wildman–Crippen MR) is 117 cm³/mol. The van der Waals surface area contributed by atoms with Crippen molar-refractivity contribution in [3.63, 3.8) is 0 Å². The van der Waals surface area contributed by atoms with E-state index in [2.05, 4.69) is 5.32 Å². The summed E-state index contributed by atoms with van der Waals surface area (Å²) in [6.45, 7) is 6.74. The van der Waals surface area contributed by atoms with Crippen molar-refractivity contribution in [3.8, 4) is 0 Å². The number of nitrogens with two attached hydrogens (primary N) is 2. The first-order chi connectivity index (χ1) is 13.6. The van der Waals surface area contributed by atoms with Crippen molar-refractivity contribution in [2.24, 2.45) is 0 Å². The number of likely N-dealkylation sites (N-methyl/N-ethyl adjacent to an activating group) is 1. The average molecular weight is 401 g/mol. The molecule has 29 heavy (non-hydrogen) atoms. The Morgan fingerprint density at radius 3 is 2.28 bits per heavy atom. The van der Waals surface area contributed by atoms with Gasteiger partial charge in [-0.05, 0) is 62.6 Å². The van der Waals surface area contributed by atoms with Crippen molar-refractivity contribution in [3.05, 3.63) is 59.7 Å². The molecular formula is C22H32N4O3. The van der Waals surface area contributed by atoms with Gasteiger partial charge in [0.25, 0.3) is 0 Å². The average Bonchev–Trinajstić information content (AvgIpc) is 2.65. The number of nitrogen functional groups attached to an aromatic ring is 2. The van der Waals surface area contributed by atoms with Gasteiger partial charge in [-0.25, -0.2) is 4.79 Å². The van der Waals surface area contributed by atoms with E-state index in [0.29, 0.717) is 19.5 Å². The summed E-state index contributed by atoms with van der Waals surface area (Å²) in [5, 5.41) is 2.56. The molecule has 2 rings (SSSR count). The van der Waals surface area contributed by atoms with Crippen LogP contribution in [0.1, 0.15) is 31.9 Å². The third kappa shape index (κ3) is 10.6. The van der Waals surface area contributed by atoms with Gasteiger partial charge in [-0.1, -0.05) is 24.3 Å². The van der Waals surface area contributed by atoms with Gasteiger partial charge in [0.2, 0.25) is 6.41 Å². The number of hydrogen-bond acceptors (Lipinski definition) is 5. The molecule has 7 nitrogen and oxygen atoms in total. The number of carbonyl (C=O) groups excluding carboxylic acids is 2. The lowest BCUT2D eigenvalue weighted by Gasteiger charge is -2.24. The molecule has 2 aromatic carbocycles. The molecule has 0 atom stereocenters. The molecular weight excluding hydrogens is 368 g/mol. The molecule has 2 aromatic rings. The van der Waals surface area contributed by atoms with Gasteiger partial charge in [-0.2, -0.15) is 0 Å². The second kappa shape index (κ2) is 11.6.